The Labute approximate surface area is 268 Å². The number of piperazine rings is 1. The minimum atomic E-state index is -0.127. The highest BCUT2D eigenvalue weighted by Gasteiger charge is 2.65. The number of esters is 2. The molecule has 0 spiro atoms. The van der Waals surface area contributed by atoms with Gasteiger partial charge in [0.15, 0.2) is 0 Å². The van der Waals surface area contributed by atoms with Crippen molar-refractivity contribution in [3.05, 3.63) is 0 Å². The van der Waals surface area contributed by atoms with E-state index in [9.17, 15) is 9.59 Å². The molecule has 0 amide bonds. The van der Waals surface area contributed by atoms with E-state index < -0.39 is 0 Å². The summed E-state index contributed by atoms with van der Waals surface area (Å²) in [6.45, 7) is 18.1. The first kappa shape index (κ1) is 34.1. The molecule has 4 saturated carbocycles. The van der Waals surface area contributed by atoms with Gasteiger partial charge in [0.25, 0.3) is 0 Å². The van der Waals surface area contributed by atoms with Crippen LogP contribution in [-0.2, 0) is 19.1 Å². The number of fused-ring (bicyclic) bond motifs is 5. The van der Waals surface area contributed by atoms with Crippen LogP contribution < -0.4 is 0 Å². The van der Waals surface area contributed by atoms with Crippen LogP contribution in [0.15, 0.2) is 0 Å². The smallest absolute Gasteiger partial charge is 0.302 e. The van der Waals surface area contributed by atoms with Crippen LogP contribution in [-0.4, -0.2) is 129 Å². The lowest BCUT2D eigenvalue weighted by Crippen LogP contribution is -2.64. The molecule has 252 valence electrons. The van der Waals surface area contributed by atoms with Gasteiger partial charge in [-0.25, -0.2) is 0 Å². The Balaban J connectivity index is 1.42. The van der Waals surface area contributed by atoms with E-state index in [0.717, 1.165) is 82.4 Å². The van der Waals surface area contributed by atoms with Crippen LogP contribution >= 0.6 is 0 Å². The van der Waals surface area contributed by atoms with Crippen molar-refractivity contribution in [1.82, 2.24) is 14.7 Å². The van der Waals surface area contributed by atoms with Gasteiger partial charge in [-0.1, -0.05) is 20.8 Å². The van der Waals surface area contributed by atoms with Crippen LogP contribution in [0.5, 0.6) is 0 Å². The maximum Gasteiger partial charge on any atom is 0.302 e. The van der Waals surface area contributed by atoms with Gasteiger partial charge < -0.3 is 18.9 Å². The van der Waals surface area contributed by atoms with E-state index in [1.165, 1.54) is 19.3 Å². The molecule has 0 N–H and O–H groups in total. The van der Waals surface area contributed by atoms with Gasteiger partial charge in [0.2, 0.25) is 0 Å². The lowest BCUT2D eigenvalue weighted by molar-refractivity contribution is -0.894. The van der Waals surface area contributed by atoms with Gasteiger partial charge in [-0.2, -0.15) is 0 Å². The highest BCUT2D eigenvalue weighted by Crippen LogP contribution is 2.67. The summed E-state index contributed by atoms with van der Waals surface area (Å²) < 4.78 is 13.6. The molecule has 1 aliphatic heterocycles. The quantitative estimate of drug-likeness (QED) is 0.279. The summed E-state index contributed by atoms with van der Waals surface area (Å²) in [5.41, 5.74) is 0.270. The maximum atomic E-state index is 12.6. The second-order valence-electron chi connectivity index (χ2n) is 16.9. The second kappa shape index (κ2) is 13.1. The van der Waals surface area contributed by atoms with Crippen molar-refractivity contribution in [3.63, 3.8) is 0 Å². The number of carbonyl (C=O) groups is 2. The fraction of sp³-hybridized carbons (Fsp3) is 0.944. The summed E-state index contributed by atoms with van der Waals surface area (Å²) in [5.74, 6) is 2.26. The molecule has 5 rings (SSSR count). The van der Waals surface area contributed by atoms with E-state index >= 15 is 0 Å². The van der Waals surface area contributed by atoms with E-state index in [0.29, 0.717) is 35.8 Å². The minimum absolute atomic E-state index is 0.00759. The molecule has 5 fully saturated rings. The van der Waals surface area contributed by atoms with Crippen molar-refractivity contribution in [2.75, 3.05) is 74.0 Å². The number of hydrogen-bond donors (Lipinski definition) is 0. The topological polar surface area (TPSA) is 62.3 Å². The van der Waals surface area contributed by atoms with Crippen LogP contribution in [0.2, 0.25) is 0 Å². The summed E-state index contributed by atoms with van der Waals surface area (Å²) in [6.07, 6.45) is 9.20. The molecule has 10 atom stereocenters. The molecule has 0 unspecified atom stereocenters. The maximum absolute atomic E-state index is 12.6. The number of ether oxygens (including phenoxy) is 2. The molecular formula is C36H65N4O4+. The monoisotopic (exact) mass is 618 g/mol. The molecule has 0 aromatic carbocycles. The first-order chi connectivity index (χ1) is 20.7. The zero-order valence-corrected chi connectivity index (χ0v) is 29.6. The fourth-order valence-electron chi connectivity index (χ4n) is 11.1. The second-order valence-corrected chi connectivity index (χ2v) is 16.9. The molecule has 4 aliphatic carbocycles. The summed E-state index contributed by atoms with van der Waals surface area (Å²) in [5, 5.41) is 0. The third-order valence-electron chi connectivity index (χ3n) is 13.5. The molecular weight excluding hydrogens is 552 g/mol. The highest BCUT2D eigenvalue weighted by atomic mass is 16.5. The first-order valence-corrected chi connectivity index (χ1v) is 18.0. The molecule has 5 aliphatic rings. The Kier molecular flexibility index (Phi) is 10.2. The molecule has 8 nitrogen and oxygen atoms in total. The SMILES string of the molecule is CCCN(CCN(C)C)[C@H]1C[C@H]2[C@@H]3CC[C@H]4C[C@H](OC(C)=O)[C@@H](N5CC[N+](C)(C)CC5)C[C@]4(C)[C@H]3CC[C@]2(C)[C@H]1OC(C)=O. The lowest BCUT2D eigenvalue weighted by Gasteiger charge is -2.62. The number of quaternary nitrogens is 1. The van der Waals surface area contributed by atoms with Gasteiger partial charge in [0.1, 0.15) is 12.2 Å². The zero-order chi connectivity index (χ0) is 32.0. The van der Waals surface area contributed by atoms with Gasteiger partial charge in [-0.05, 0) is 101 Å². The van der Waals surface area contributed by atoms with Crippen molar-refractivity contribution >= 4 is 11.9 Å². The van der Waals surface area contributed by atoms with Crippen LogP contribution in [0.25, 0.3) is 0 Å². The standard InChI is InChI=1S/C36H65N4O4/c1-10-15-38(17-16-37(6)7)31-23-30-28-12-11-27-22-33(43-25(2)41)32(39-18-20-40(8,9)21-19-39)24-36(27,5)29(28)13-14-35(30,4)34(31)44-26(3)42/h27-34H,10-24H2,1-9H3/q+1/t27-,28+,29-,30-,31-,32-,33-,34-,35-,36-/m0/s1. The molecule has 44 heavy (non-hydrogen) atoms. The third kappa shape index (κ3) is 6.61. The average Bonchev–Trinajstić information content (AvgIpc) is 3.22. The predicted octanol–water partition coefficient (Wildman–Crippen LogP) is 4.52. The van der Waals surface area contributed by atoms with E-state index in [1.54, 1.807) is 13.8 Å². The van der Waals surface area contributed by atoms with Gasteiger partial charge in [0.05, 0.1) is 27.2 Å². The molecule has 0 aromatic heterocycles. The number of rotatable bonds is 9. The Bertz CT molecular complexity index is 1030. The molecule has 0 radical (unpaired) electrons. The molecule has 0 aromatic rings. The zero-order valence-electron chi connectivity index (χ0n) is 29.6. The van der Waals surface area contributed by atoms with Crippen molar-refractivity contribution in [3.8, 4) is 0 Å². The number of likely N-dealkylation sites (N-methyl/N-ethyl adjacent to an activating group) is 2. The van der Waals surface area contributed by atoms with Crippen LogP contribution in [0.1, 0.15) is 86.0 Å². The van der Waals surface area contributed by atoms with E-state index in [1.807, 2.05) is 0 Å². The predicted molar refractivity (Wildman–Crippen MR) is 175 cm³/mol. The summed E-state index contributed by atoms with van der Waals surface area (Å²) in [7, 11) is 8.98. The Morgan fingerprint density at radius 2 is 1.57 bits per heavy atom. The fourth-order valence-corrected chi connectivity index (χ4v) is 11.1. The van der Waals surface area contributed by atoms with E-state index in [-0.39, 0.29) is 35.0 Å². The molecule has 0 bridgehead atoms. The first-order valence-electron chi connectivity index (χ1n) is 18.0. The Morgan fingerprint density at radius 1 is 0.886 bits per heavy atom. The lowest BCUT2D eigenvalue weighted by atomic mass is 9.44. The van der Waals surface area contributed by atoms with Gasteiger partial charge in [0, 0.05) is 57.5 Å². The minimum Gasteiger partial charge on any atom is -0.461 e. The normalized spacial score (nSPS) is 42.0. The summed E-state index contributed by atoms with van der Waals surface area (Å²) >= 11 is 0. The number of hydrogen-bond acceptors (Lipinski definition) is 7. The van der Waals surface area contributed by atoms with Crippen LogP contribution in [0, 0.1) is 34.5 Å². The van der Waals surface area contributed by atoms with Crippen molar-refractivity contribution in [2.45, 2.75) is 110 Å². The highest BCUT2D eigenvalue weighted by molar-refractivity contribution is 5.66. The molecule has 1 saturated heterocycles. The molecule has 1 heterocycles. The van der Waals surface area contributed by atoms with Crippen molar-refractivity contribution in [2.24, 2.45) is 34.5 Å². The summed E-state index contributed by atoms with van der Waals surface area (Å²) in [4.78, 5) is 32.5. The average molecular weight is 618 g/mol. The third-order valence-corrected chi connectivity index (χ3v) is 13.5. The van der Waals surface area contributed by atoms with Crippen molar-refractivity contribution in [1.29, 1.82) is 0 Å². The summed E-state index contributed by atoms with van der Waals surface area (Å²) in [6, 6.07) is 0.601. The van der Waals surface area contributed by atoms with Crippen molar-refractivity contribution < 1.29 is 23.5 Å². The molecule has 8 heteroatoms. The van der Waals surface area contributed by atoms with E-state index in [2.05, 4.69) is 63.7 Å². The van der Waals surface area contributed by atoms with Gasteiger partial charge >= 0.3 is 11.9 Å². The number of carbonyl (C=O) groups excluding carboxylic acids is 2. The van der Waals surface area contributed by atoms with Crippen LogP contribution in [0.3, 0.4) is 0 Å². The van der Waals surface area contributed by atoms with Crippen LogP contribution in [0.4, 0.5) is 0 Å². The van der Waals surface area contributed by atoms with Gasteiger partial charge in [-0.3, -0.25) is 19.4 Å². The van der Waals surface area contributed by atoms with E-state index in [4.69, 9.17) is 9.47 Å². The Morgan fingerprint density at radius 3 is 2.18 bits per heavy atom. The number of nitrogens with zero attached hydrogens (tertiary/aromatic N) is 4. The Hall–Kier alpha value is -1.22. The largest absolute Gasteiger partial charge is 0.461 e. The van der Waals surface area contributed by atoms with Gasteiger partial charge in [-0.15, -0.1) is 0 Å².